The van der Waals surface area contributed by atoms with Gasteiger partial charge in [0.1, 0.15) is 0 Å². The van der Waals surface area contributed by atoms with Gasteiger partial charge in [0.2, 0.25) is 5.91 Å². The van der Waals surface area contributed by atoms with Gasteiger partial charge in [0.15, 0.2) is 0 Å². The average molecular weight is 269 g/mol. The fourth-order valence-corrected chi connectivity index (χ4v) is 2.42. The minimum atomic E-state index is 0.189. The number of unbranched alkanes of at least 4 members (excludes halogenated alkanes) is 9. The molecule has 1 atom stereocenters. The van der Waals surface area contributed by atoms with E-state index in [9.17, 15) is 4.79 Å². The molecule has 0 aliphatic carbocycles. The summed E-state index contributed by atoms with van der Waals surface area (Å²) in [6, 6.07) is 0. The molecule has 0 spiro atoms. The zero-order valence-corrected chi connectivity index (χ0v) is 13.5. The maximum atomic E-state index is 11.5. The van der Waals surface area contributed by atoms with E-state index in [-0.39, 0.29) is 11.8 Å². The van der Waals surface area contributed by atoms with Crippen molar-refractivity contribution in [2.45, 2.75) is 91.4 Å². The molecule has 0 radical (unpaired) electrons. The van der Waals surface area contributed by atoms with Crippen LogP contribution in [0, 0.1) is 5.92 Å². The number of nitrogens with one attached hydrogen (secondary N) is 1. The third-order valence-electron chi connectivity index (χ3n) is 3.79. The molecule has 0 saturated carbocycles. The summed E-state index contributed by atoms with van der Waals surface area (Å²) in [7, 11) is 0. The summed E-state index contributed by atoms with van der Waals surface area (Å²) in [4.78, 5) is 11.5. The van der Waals surface area contributed by atoms with Gasteiger partial charge in [-0.1, -0.05) is 78.1 Å². The number of amides is 1. The second-order valence-electron chi connectivity index (χ2n) is 5.77. The summed E-state index contributed by atoms with van der Waals surface area (Å²) < 4.78 is 0. The lowest BCUT2D eigenvalue weighted by molar-refractivity contribution is -0.124. The Morgan fingerprint density at radius 1 is 0.842 bits per heavy atom. The van der Waals surface area contributed by atoms with Gasteiger partial charge in [-0.05, 0) is 13.3 Å². The van der Waals surface area contributed by atoms with Crippen molar-refractivity contribution in [1.29, 1.82) is 0 Å². The average Bonchev–Trinajstić information content (AvgIpc) is 2.41. The second-order valence-corrected chi connectivity index (χ2v) is 5.77. The highest BCUT2D eigenvalue weighted by atomic mass is 16.1. The molecule has 0 rings (SSSR count). The molecule has 0 aliphatic heterocycles. The Balaban J connectivity index is 3.20. The minimum absolute atomic E-state index is 0.189. The molecule has 0 aromatic heterocycles. The van der Waals surface area contributed by atoms with E-state index in [1.165, 1.54) is 64.2 Å². The normalized spacial score (nSPS) is 12.4. The van der Waals surface area contributed by atoms with E-state index in [2.05, 4.69) is 12.2 Å². The molecular weight excluding hydrogens is 234 g/mol. The van der Waals surface area contributed by atoms with Gasteiger partial charge in [-0.25, -0.2) is 0 Å². The first kappa shape index (κ1) is 18.5. The summed E-state index contributed by atoms with van der Waals surface area (Å²) in [5.41, 5.74) is 0. The van der Waals surface area contributed by atoms with Gasteiger partial charge < -0.3 is 5.32 Å². The Morgan fingerprint density at radius 3 is 1.79 bits per heavy atom. The van der Waals surface area contributed by atoms with Crippen LogP contribution in [0.2, 0.25) is 0 Å². The summed E-state index contributed by atoms with van der Waals surface area (Å²) in [5, 5.41) is 2.89. The molecule has 0 aromatic carbocycles. The van der Waals surface area contributed by atoms with E-state index in [0.29, 0.717) is 0 Å². The van der Waals surface area contributed by atoms with Gasteiger partial charge in [0.05, 0.1) is 0 Å². The van der Waals surface area contributed by atoms with E-state index in [1.807, 2.05) is 13.8 Å². The van der Waals surface area contributed by atoms with Crippen LogP contribution >= 0.6 is 0 Å². The fraction of sp³-hybridized carbons (Fsp3) is 0.941. The van der Waals surface area contributed by atoms with Gasteiger partial charge in [-0.15, -0.1) is 0 Å². The van der Waals surface area contributed by atoms with Crippen LogP contribution in [0.1, 0.15) is 91.4 Å². The van der Waals surface area contributed by atoms with E-state index in [1.54, 1.807) is 0 Å². The molecule has 2 nitrogen and oxygen atoms in total. The first-order chi connectivity index (χ1) is 9.22. The first-order valence-electron chi connectivity index (χ1n) is 8.50. The lowest BCUT2D eigenvalue weighted by Gasteiger charge is -2.10. The molecule has 114 valence electrons. The van der Waals surface area contributed by atoms with Crippen LogP contribution in [-0.4, -0.2) is 12.5 Å². The summed E-state index contributed by atoms with van der Waals surface area (Å²) in [5.74, 6) is 0.410. The molecule has 19 heavy (non-hydrogen) atoms. The Labute approximate surface area is 120 Å². The van der Waals surface area contributed by atoms with Gasteiger partial charge in [0.25, 0.3) is 0 Å². The molecule has 0 aromatic rings. The zero-order valence-electron chi connectivity index (χ0n) is 13.5. The van der Waals surface area contributed by atoms with Crippen molar-refractivity contribution in [1.82, 2.24) is 5.32 Å². The summed E-state index contributed by atoms with van der Waals surface area (Å²) >= 11 is 0. The summed E-state index contributed by atoms with van der Waals surface area (Å²) in [6.45, 7) is 7.03. The van der Waals surface area contributed by atoms with Crippen molar-refractivity contribution in [3.63, 3.8) is 0 Å². The van der Waals surface area contributed by atoms with Crippen LogP contribution in [0.5, 0.6) is 0 Å². The highest BCUT2D eigenvalue weighted by molar-refractivity contribution is 5.78. The molecule has 0 aliphatic rings. The van der Waals surface area contributed by atoms with Crippen molar-refractivity contribution in [3.05, 3.63) is 0 Å². The Bertz CT molecular complexity index is 203. The lowest BCUT2D eigenvalue weighted by atomic mass is 10.0. The molecule has 2 heteroatoms. The maximum absolute atomic E-state index is 11.5. The quantitative estimate of drug-likeness (QED) is 0.465. The van der Waals surface area contributed by atoms with Gasteiger partial charge in [0, 0.05) is 12.5 Å². The molecule has 0 heterocycles. The van der Waals surface area contributed by atoms with E-state index in [4.69, 9.17) is 0 Å². The second kappa shape index (κ2) is 13.9. The van der Waals surface area contributed by atoms with Crippen LogP contribution in [-0.2, 0) is 4.79 Å². The molecule has 1 amide bonds. The molecular formula is C17H35NO. The van der Waals surface area contributed by atoms with E-state index in [0.717, 1.165) is 13.0 Å². The molecule has 0 bridgehead atoms. The van der Waals surface area contributed by atoms with Crippen LogP contribution in [0.15, 0.2) is 0 Å². The number of hydrogen-bond donors (Lipinski definition) is 1. The van der Waals surface area contributed by atoms with Crippen LogP contribution in [0.3, 0.4) is 0 Å². The van der Waals surface area contributed by atoms with Crippen molar-refractivity contribution in [2.75, 3.05) is 6.54 Å². The molecule has 0 saturated heterocycles. The zero-order chi connectivity index (χ0) is 14.3. The number of carbonyl (C=O) groups is 1. The lowest BCUT2D eigenvalue weighted by Crippen LogP contribution is -2.28. The Kier molecular flexibility index (Phi) is 13.5. The maximum Gasteiger partial charge on any atom is 0.222 e. The highest BCUT2D eigenvalue weighted by Crippen LogP contribution is 2.13. The Hall–Kier alpha value is -0.530. The number of carbonyl (C=O) groups excluding carboxylic acids is 1. The van der Waals surface area contributed by atoms with Crippen molar-refractivity contribution >= 4 is 5.91 Å². The van der Waals surface area contributed by atoms with Gasteiger partial charge in [-0.3, -0.25) is 4.79 Å². The largest absolute Gasteiger partial charge is 0.356 e. The monoisotopic (exact) mass is 269 g/mol. The van der Waals surface area contributed by atoms with Crippen molar-refractivity contribution < 1.29 is 4.79 Å². The summed E-state index contributed by atoms with van der Waals surface area (Å²) in [6.07, 6.45) is 14.6. The molecule has 0 fully saturated rings. The molecule has 1 unspecified atom stereocenters. The van der Waals surface area contributed by atoms with Gasteiger partial charge >= 0.3 is 0 Å². The third-order valence-corrected chi connectivity index (χ3v) is 3.79. The van der Waals surface area contributed by atoms with Crippen LogP contribution in [0.25, 0.3) is 0 Å². The Morgan fingerprint density at radius 2 is 1.32 bits per heavy atom. The smallest absolute Gasteiger partial charge is 0.222 e. The van der Waals surface area contributed by atoms with Crippen molar-refractivity contribution in [2.24, 2.45) is 5.92 Å². The highest BCUT2D eigenvalue weighted by Gasteiger charge is 2.10. The van der Waals surface area contributed by atoms with Crippen LogP contribution < -0.4 is 5.32 Å². The predicted molar refractivity (Wildman–Crippen MR) is 84.3 cm³/mol. The van der Waals surface area contributed by atoms with Crippen molar-refractivity contribution in [3.8, 4) is 0 Å². The first-order valence-corrected chi connectivity index (χ1v) is 8.50. The number of rotatable bonds is 13. The SMILES string of the molecule is CCCCCCCCCCCCC(C)C(=O)NCC. The topological polar surface area (TPSA) is 29.1 Å². The molecule has 1 N–H and O–H groups in total. The fourth-order valence-electron chi connectivity index (χ4n) is 2.42. The number of hydrogen-bond acceptors (Lipinski definition) is 1. The van der Waals surface area contributed by atoms with E-state index >= 15 is 0 Å². The van der Waals surface area contributed by atoms with Gasteiger partial charge in [-0.2, -0.15) is 0 Å². The van der Waals surface area contributed by atoms with Crippen LogP contribution in [0.4, 0.5) is 0 Å². The third kappa shape index (κ3) is 12.3. The predicted octanol–water partition coefficient (Wildman–Crippen LogP) is 5.07. The minimum Gasteiger partial charge on any atom is -0.356 e. The van der Waals surface area contributed by atoms with E-state index < -0.39 is 0 Å². The standard InChI is InChI=1S/C17H35NO/c1-4-6-7-8-9-10-11-12-13-14-15-16(3)17(19)18-5-2/h16H,4-15H2,1-3H3,(H,18,19).